The Hall–Kier alpha value is -1.18. The lowest BCUT2D eigenvalue weighted by molar-refractivity contribution is -0.137. The fourth-order valence-corrected chi connectivity index (χ4v) is 3.69. The number of alkyl halides is 3. The molecule has 0 aromatic heterocycles. The molecule has 0 unspecified atom stereocenters. The fourth-order valence-electron chi connectivity index (χ4n) is 3.69. The third-order valence-electron chi connectivity index (χ3n) is 4.90. The van der Waals surface area contributed by atoms with Crippen LogP contribution in [0.5, 0.6) is 0 Å². The van der Waals surface area contributed by atoms with E-state index in [4.69, 9.17) is 4.74 Å². The normalized spacial score (nSPS) is 22.5. The number of benzene rings is 1. The first-order valence-electron chi connectivity index (χ1n) is 8.36. The van der Waals surface area contributed by atoms with Crippen molar-refractivity contribution in [2.75, 3.05) is 39.4 Å². The molecule has 2 fully saturated rings. The molecule has 0 saturated carbocycles. The number of nitrogens with zero attached hydrogens (tertiary/aromatic N) is 1. The van der Waals surface area contributed by atoms with Gasteiger partial charge in [-0.05, 0) is 37.0 Å². The Labute approximate surface area is 139 Å². The summed E-state index contributed by atoms with van der Waals surface area (Å²) in [5.41, 5.74) is -0.621. The first-order chi connectivity index (χ1) is 11.5. The van der Waals surface area contributed by atoms with Crippen LogP contribution in [-0.2, 0) is 10.9 Å². The number of halogens is 4. The number of hydrogen-bond donors (Lipinski definition) is 1. The molecule has 0 radical (unpaired) electrons. The highest BCUT2D eigenvalue weighted by Gasteiger charge is 2.36. The van der Waals surface area contributed by atoms with Gasteiger partial charge in [0.25, 0.3) is 0 Å². The molecule has 0 aliphatic carbocycles. The SMILES string of the molecule is Fc1ccc(C(F)(F)F)cc1[C@H](C1CCOCC1)N1CCNCC1. The maximum atomic E-state index is 14.5. The first kappa shape index (κ1) is 17.6. The minimum atomic E-state index is -4.47. The Kier molecular flexibility index (Phi) is 5.42. The molecule has 2 heterocycles. The van der Waals surface area contributed by atoms with Crippen LogP contribution in [0.25, 0.3) is 0 Å². The summed E-state index contributed by atoms with van der Waals surface area (Å²) in [4.78, 5) is 2.12. The lowest BCUT2D eigenvalue weighted by Gasteiger charge is -2.41. The predicted molar refractivity (Wildman–Crippen MR) is 82.1 cm³/mol. The van der Waals surface area contributed by atoms with Crippen LogP contribution in [0.15, 0.2) is 18.2 Å². The molecule has 1 atom stereocenters. The highest BCUT2D eigenvalue weighted by Crippen LogP contribution is 2.39. The minimum Gasteiger partial charge on any atom is -0.381 e. The van der Waals surface area contributed by atoms with Crippen molar-refractivity contribution in [2.24, 2.45) is 5.92 Å². The Morgan fingerprint density at radius 3 is 2.42 bits per heavy atom. The van der Waals surface area contributed by atoms with Crippen molar-refractivity contribution in [1.82, 2.24) is 10.2 Å². The lowest BCUT2D eigenvalue weighted by Crippen LogP contribution is -2.47. The Morgan fingerprint density at radius 1 is 1.12 bits per heavy atom. The van der Waals surface area contributed by atoms with Crippen molar-refractivity contribution in [3.63, 3.8) is 0 Å². The molecule has 3 rings (SSSR count). The van der Waals surface area contributed by atoms with Gasteiger partial charge in [0.1, 0.15) is 5.82 Å². The van der Waals surface area contributed by atoms with Gasteiger partial charge >= 0.3 is 6.18 Å². The Morgan fingerprint density at radius 2 is 1.79 bits per heavy atom. The monoisotopic (exact) mass is 346 g/mol. The number of nitrogens with one attached hydrogen (secondary N) is 1. The molecule has 0 bridgehead atoms. The average molecular weight is 346 g/mol. The third kappa shape index (κ3) is 3.90. The molecule has 134 valence electrons. The summed E-state index contributed by atoms with van der Waals surface area (Å²) in [7, 11) is 0. The number of rotatable bonds is 3. The molecule has 7 heteroatoms. The lowest BCUT2D eigenvalue weighted by atomic mass is 9.84. The van der Waals surface area contributed by atoms with E-state index >= 15 is 0 Å². The Bertz CT molecular complexity index is 534. The van der Waals surface area contributed by atoms with Crippen molar-refractivity contribution in [3.8, 4) is 0 Å². The zero-order valence-electron chi connectivity index (χ0n) is 13.4. The summed E-state index contributed by atoms with van der Waals surface area (Å²) in [5, 5.41) is 3.23. The van der Waals surface area contributed by atoms with Crippen LogP contribution in [0.2, 0.25) is 0 Å². The van der Waals surface area contributed by atoms with Gasteiger partial charge in [-0.1, -0.05) is 0 Å². The molecule has 1 aromatic carbocycles. The summed E-state index contributed by atoms with van der Waals surface area (Å²) in [6, 6.07) is 2.43. The average Bonchev–Trinajstić information content (AvgIpc) is 2.58. The van der Waals surface area contributed by atoms with Gasteiger partial charge in [0.15, 0.2) is 0 Å². The second-order valence-corrected chi connectivity index (χ2v) is 6.41. The van der Waals surface area contributed by atoms with E-state index in [0.29, 0.717) is 26.3 Å². The highest BCUT2D eigenvalue weighted by molar-refractivity contribution is 5.30. The van der Waals surface area contributed by atoms with Crippen molar-refractivity contribution in [2.45, 2.75) is 25.1 Å². The van der Waals surface area contributed by atoms with E-state index in [9.17, 15) is 17.6 Å². The van der Waals surface area contributed by atoms with E-state index in [0.717, 1.165) is 44.1 Å². The van der Waals surface area contributed by atoms with Gasteiger partial charge in [-0.25, -0.2) is 4.39 Å². The molecule has 2 aliphatic rings. The van der Waals surface area contributed by atoms with Crippen LogP contribution in [0.3, 0.4) is 0 Å². The molecular weight excluding hydrogens is 324 g/mol. The molecule has 2 aliphatic heterocycles. The van der Waals surface area contributed by atoms with Crippen LogP contribution < -0.4 is 5.32 Å². The van der Waals surface area contributed by atoms with Crippen molar-refractivity contribution >= 4 is 0 Å². The highest BCUT2D eigenvalue weighted by atomic mass is 19.4. The molecular formula is C17H22F4N2O. The third-order valence-corrected chi connectivity index (χ3v) is 4.90. The zero-order valence-corrected chi connectivity index (χ0v) is 13.4. The van der Waals surface area contributed by atoms with Crippen LogP contribution in [0, 0.1) is 11.7 Å². The molecule has 0 spiro atoms. The molecule has 1 aromatic rings. The van der Waals surface area contributed by atoms with Gasteiger partial charge in [0.2, 0.25) is 0 Å². The smallest absolute Gasteiger partial charge is 0.381 e. The van der Waals surface area contributed by atoms with E-state index < -0.39 is 17.6 Å². The van der Waals surface area contributed by atoms with E-state index in [1.165, 1.54) is 0 Å². The quantitative estimate of drug-likeness (QED) is 0.851. The Balaban J connectivity index is 1.97. The molecule has 24 heavy (non-hydrogen) atoms. The topological polar surface area (TPSA) is 24.5 Å². The van der Waals surface area contributed by atoms with E-state index in [2.05, 4.69) is 10.2 Å². The van der Waals surface area contributed by atoms with Crippen LogP contribution >= 0.6 is 0 Å². The predicted octanol–water partition coefficient (Wildman–Crippen LogP) is 3.22. The standard InChI is InChI=1S/C17H22F4N2O/c18-15-2-1-13(17(19,20)21)11-14(15)16(12-3-9-24-10-4-12)23-7-5-22-6-8-23/h1-2,11-12,16,22H,3-10H2/t16-/m0/s1. The molecule has 1 N–H and O–H groups in total. The largest absolute Gasteiger partial charge is 0.416 e. The van der Waals surface area contributed by atoms with Gasteiger partial charge in [0.05, 0.1) is 5.56 Å². The van der Waals surface area contributed by atoms with Gasteiger partial charge in [-0.3, -0.25) is 4.90 Å². The maximum absolute atomic E-state index is 14.5. The maximum Gasteiger partial charge on any atom is 0.416 e. The van der Waals surface area contributed by atoms with Crippen LogP contribution in [0.4, 0.5) is 17.6 Å². The summed E-state index contributed by atoms with van der Waals surface area (Å²) < 4.78 is 59.1. The van der Waals surface area contributed by atoms with Crippen molar-refractivity contribution < 1.29 is 22.3 Å². The summed E-state index contributed by atoms with van der Waals surface area (Å²) >= 11 is 0. The molecule has 2 saturated heterocycles. The minimum absolute atomic E-state index is 0.106. The second-order valence-electron chi connectivity index (χ2n) is 6.41. The van der Waals surface area contributed by atoms with Crippen LogP contribution in [0.1, 0.15) is 30.0 Å². The van der Waals surface area contributed by atoms with E-state index in [1.54, 1.807) is 0 Å². The number of piperazine rings is 1. The molecule has 0 amide bonds. The van der Waals surface area contributed by atoms with Crippen molar-refractivity contribution in [3.05, 3.63) is 35.1 Å². The number of ether oxygens (including phenoxy) is 1. The van der Waals surface area contributed by atoms with Gasteiger partial charge < -0.3 is 10.1 Å². The van der Waals surface area contributed by atoms with Gasteiger partial charge in [0, 0.05) is 51.0 Å². The second kappa shape index (κ2) is 7.37. The van der Waals surface area contributed by atoms with E-state index in [1.807, 2.05) is 0 Å². The fraction of sp³-hybridized carbons (Fsp3) is 0.647. The van der Waals surface area contributed by atoms with Gasteiger partial charge in [-0.2, -0.15) is 13.2 Å². The van der Waals surface area contributed by atoms with Gasteiger partial charge in [-0.15, -0.1) is 0 Å². The van der Waals surface area contributed by atoms with Crippen molar-refractivity contribution in [1.29, 1.82) is 0 Å². The van der Waals surface area contributed by atoms with E-state index in [-0.39, 0.29) is 17.5 Å². The summed E-state index contributed by atoms with van der Waals surface area (Å²) in [6.07, 6.45) is -2.99. The summed E-state index contributed by atoms with van der Waals surface area (Å²) in [6.45, 7) is 4.09. The van der Waals surface area contributed by atoms with Crippen LogP contribution in [-0.4, -0.2) is 44.3 Å². The first-order valence-corrected chi connectivity index (χ1v) is 8.36. The molecule has 3 nitrogen and oxygen atoms in total. The number of hydrogen-bond acceptors (Lipinski definition) is 3. The zero-order chi connectivity index (χ0) is 17.2. The summed E-state index contributed by atoms with van der Waals surface area (Å²) in [5.74, 6) is -0.451.